The Morgan fingerprint density at radius 3 is 1.63 bits per heavy atom. The van der Waals surface area contributed by atoms with E-state index in [1.54, 1.807) is 48.6 Å². The molecule has 0 spiro atoms. The topological polar surface area (TPSA) is 114 Å². The zero-order valence-corrected chi connectivity index (χ0v) is 15.9. The van der Waals surface area contributed by atoms with E-state index in [4.69, 9.17) is 10.5 Å². The standard InChI is InChI=1S/C12H9NO2.C6H5NO.C6H6O/c14-11-5-1-9(2-6-11)13-10-3-7-12(15)8-4-10;7-5-1-3-6(8)4-2-5;7-6-4-2-1-3-5-6/h1-8,14H;1-4,7H;1-5,7H/p-1. The number of benzene rings is 2. The number of hydrogen-bond donors (Lipinski definition) is 2. The van der Waals surface area contributed by atoms with Crippen LogP contribution in [0, 0.1) is 5.41 Å². The summed E-state index contributed by atoms with van der Waals surface area (Å²) in [6, 6.07) is 14.9. The Bertz CT molecular complexity index is 988. The van der Waals surface area contributed by atoms with Gasteiger partial charge >= 0.3 is 0 Å². The molecule has 6 nitrogen and oxygen atoms in total. The second-order valence-electron chi connectivity index (χ2n) is 5.96. The van der Waals surface area contributed by atoms with Gasteiger partial charge in [-0.3, -0.25) is 9.59 Å². The summed E-state index contributed by atoms with van der Waals surface area (Å²) in [4.78, 5) is 25.5. The van der Waals surface area contributed by atoms with Crippen molar-refractivity contribution in [3.05, 3.63) is 103 Å². The first-order valence-corrected chi connectivity index (χ1v) is 8.91. The van der Waals surface area contributed by atoms with E-state index in [-0.39, 0.29) is 23.1 Å². The summed E-state index contributed by atoms with van der Waals surface area (Å²) in [7, 11) is 0. The summed E-state index contributed by atoms with van der Waals surface area (Å²) < 4.78 is 0. The van der Waals surface area contributed by atoms with Crippen LogP contribution in [0.1, 0.15) is 0 Å². The molecule has 0 atom stereocenters. The average Bonchev–Trinajstić information content (AvgIpc) is 2.75. The molecule has 0 amide bonds. The minimum absolute atomic E-state index is 0.0281. The van der Waals surface area contributed by atoms with E-state index in [9.17, 15) is 14.7 Å². The van der Waals surface area contributed by atoms with Crippen molar-refractivity contribution < 1.29 is 19.8 Å². The fourth-order valence-electron chi connectivity index (χ4n) is 2.07. The van der Waals surface area contributed by atoms with Gasteiger partial charge in [-0.1, -0.05) is 30.3 Å². The fourth-order valence-corrected chi connectivity index (χ4v) is 2.07. The highest BCUT2D eigenvalue weighted by Gasteiger charge is 1.99. The van der Waals surface area contributed by atoms with Crippen molar-refractivity contribution in [2.75, 3.05) is 0 Å². The van der Waals surface area contributed by atoms with Crippen molar-refractivity contribution in [1.29, 1.82) is 5.41 Å². The van der Waals surface area contributed by atoms with Gasteiger partial charge in [-0.15, -0.1) is 5.75 Å². The molecule has 0 saturated carbocycles. The van der Waals surface area contributed by atoms with E-state index < -0.39 is 0 Å². The van der Waals surface area contributed by atoms with E-state index >= 15 is 0 Å². The summed E-state index contributed by atoms with van der Waals surface area (Å²) >= 11 is 0. The minimum atomic E-state index is -0.0407. The van der Waals surface area contributed by atoms with Crippen molar-refractivity contribution in [3.63, 3.8) is 0 Å². The minimum Gasteiger partial charge on any atom is -0.872 e. The van der Waals surface area contributed by atoms with Crippen molar-refractivity contribution in [3.8, 4) is 11.5 Å². The Labute approximate surface area is 174 Å². The van der Waals surface area contributed by atoms with Gasteiger partial charge in [0.25, 0.3) is 0 Å². The van der Waals surface area contributed by atoms with Crippen molar-refractivity contribution in [2.45, 2.75) is 0 Å². The van der Waals surface area contributed by atoms with E-state index in [1.165, 1.54) is 48.6 Å². The summed E-state index contributed by atoms with van der Waals surface area (Å²) in [5, 5.41) is 26.3. The summed E-state index contributed by atoms with van der Waals surface area (Å²) in [5.74, 6) is 0.215. The van der Waals surface area contributed by atoms with Crippen LogP contribution < -0.4 is 5.11 Å². The molecular weight excluding hydrogens is 380 g/mol. The highest BCUT2D eigenvalue weighted by molar-refractivity contribution is 6.17. The summed E-state index contributed by atoms with van der Waals surface area (Å²) in [6.45, 7) is 0. The first-order chi connectivity index (χ1) is 14.4. The lowest BCUT2D eigenvalue weighted by Gasteiger charge is -1.99. The lowest BCUT2D eigenvalue weighted by Crippen LogP contribution is -1.98. The number of nitrogens with one attached hydrogen (secondary N) is 1. The predicted octanol–water partition coefficient (Wildman–Crippen LogP) is 3.62. The van der Waals surface area contributed by atoms with Crippen molar-refractivity contribution in [1.82, 2.24) is 0 Å². The third-order valence-corrected chi connectivity index (χ3v) is 3.54. The molecule has 4 rings (SSSR count). The molecule has 0 unspecified atom stereocenters. The van der Waals surface area contributed by atoms with Gasteiger partial charge in [0.2, 0.25) is 0 Å². The molecule has 0 bridgehead atoms. The molecule has 2 N–H and O–H groups in total. The van der Waals surface area contributed by atoms with Gasteiger partial charge in [0.1, 0.15) is 5.75 Å². The van der Waals surface area contributed by atoms with Gasteiger partial charge in [0.15, 0.2) is 11.6 Å². The quantitative estimate of drug-likeness (QED) is 0.713. The maximum Gasteiger partial charge on any atom is 0.178 e. The van der Waals surface area contributed by atoms with Crippen molar-refractivity contribution in [2.24, 2.45) is 4.99 Å². The number of phenolic OH excluding ortho intramolecular Hbond substituents is 1. The van der Waals surface area contributed by atoms with E-state index in [2.05, 4.69) is 4.99 Å². The number of aliphatic imine (C=N–C) groups is 1. The molecule has 2 aliphatic rings. The molecule has 0 saturated heterocycles. The van der Waals surface area contributed by atoms with Gasteiger partial charge in [0, 0.05) is 0 Å². The van der Waals surface area contributed by atoms with Crippen LogP contribution in [0.2, 0.25) is 0 Å². The number of allylic oxidation sites excluding steroid dienone is 8. The number of para-hydroxylation sites is 1. The van der Waals surface area contributed by atoms with Gasteiger partial charge < -0.3 is 15.6 Å². The van der Waals surface area contributed by atoms with Crippen LogP contribution in [-0.2, 0) is 9.59 Å². The third kappa shape index (κ3) is 8.58. The number of nitrogens with zero attached hydrogens (tertiary/aromatic N) is 1. The molecule has 2 aromatic carbocycles. The fraction of sp³-hybridized carbons (Fsp3) is 0. The number of phenols is 1. The van der Waals surface area contributed by atoms with Crippen LogP contribution in [0.15, 0.2) is 108 Å². The molecular formula is C24H19N2O4-. The molecule has 0 aliphatic heterocycles. The lowest BCUT2D eigenvalue weighted by molar-refractivity contribution is -0.268. The average molecular weight is 399 g/mol. The van der Waals surface area contributed by atoms with Crippen LogP contribution in [0.3, 0.4) is 0 Å². The van der Waals surface area contributed by atoms with Crippen LogP contribution in [-0.4, -0.2) is 28.1 Å². The monoisotopic (exact) mass is 399 g/mol. The Morgan fingerprint density at radius 2 is 1.20 bits per heavy atom. The predicted molar refractivity (Wildman–Crippen MR) is 115 cm³/mol. The maximum absolute atomic E-state index is 10.8. The molecule has 30 heavy (non-hydrogen) atoms. The Morgan fingerprint density at radius 1 is 0.700 bits per heavy atom. The summed E-state index contributed by atoms with van der Waals surface area (Å²) in [6.07, 6.45) is 12.0. The van der Waals surface area contributed by atoms with Crippen LogP contribution >= 0.6 is 0 Å². The molecule has 0 aromatic heterocycles. The van der Waals surface area contributed by atoms with Gasteiger partial charge in [-0.25, -0.2) is 4.99 Å². The van der Waals surface area contributed by atoms with Crippen LogP contribution in [0.5, 0.6) is 11.5 Å². The van der Waals surface area contributed by atoms with E-state index in [0.29, 0.717) is 5.71 Å². The summed E-state index contributed by atoms with van der Waals surface area (Å²) in [5.41, 5.74) is 1.84. The molecule has 0 heterocycles. The Kier molecular flexibility index (Phi) is 8.43. The van der Waals surface area contributed by atoms with E-state index in [0.717, 1.165) is 11.4 Å². The first-order valence-electron chi connectivity index (χ1n) is 8.91. The van der Waals surface area contributed by atoms with Gasteiger partial charge in [0.05, 0.1) is 17.1 Å². The largest absolute Gasteiger partial charge is 0.872 e. The highest BCUT2D eigenvalue weighted by atomic mass is 16.3. The molecule has 0 fully saturated rings. The molecule has 0 radical (unpaired) electrons. The second kappa shape index (κ2) is 11.5. The maximum atomic E-state index is 10.8. The Hall–Kier alpha value is -4.32. The number of carbonyl (C=O) groups is 2. The second-order valence-corrected chi connectivity index (χ2v) is 5.96. The number of rotatable bonds is 1. The normalized spacial score (nSPS) is 13.9. The number of ketones is 2. The molecule has 2 aliphatic carbocycles. The third-order valence-electron chi connectivity index (χ3n) is 3.54. The highest BCUT2D eigenvalue weighted by Crippen LogP contribution is 2.17. The van der Waals surface area contributed by atoms with Gasteiger partial charge in [-0.05, 0) is 72.9 Å². The number of carbonyl (C=O) groups excluding carboxylic acids is 2. The number of aromatic hydroxyl groups is 1. The smallest absolute Gasteiger partial charge is 0.178 e. The molecule has 150 valence electrons. The molecule has 6 heteroatoms. The zero-order valence-electron chi connectivity index (χ0n) is 15.9. The SMILES string of the molecule is N=C1C=CC(=O)C=C1.O=C1C=CC(=Nc2ccc(O)cc2)C=C1.[O-]c1ccccc1. The Balaban J connectivity index is 0.000000179. The van der Waals surface area contributed by atoms with Crippen LogP contribution in [0.4, 0.5) is 5.69 Å². The van der Waals surface area contributed by atoms with E-state index in [1.807, 2.05) is 6.07 Å². The van der Waals surface area contributed by atoms with Crippen LogP contribution in [0.25, 0.3) is 0 Å². The number of hydrogen-bond acceptors (Lipinski definition) is 6. The van der Waals surface area contributed by atoms with Gasteiger partial charge in [-0.2, -0.15) is 0 Å². The lowest BCUT2D eigenvalue weighted by atomic mass is 10.1. The van der Waals surface area contributed by atoms with Crippen molar-refractivity contribution >= 4 is 28.7 Å². The zero-order chi connectivity index (χ0) is 21.8. The molecule has 2 aromatic rings. The first kappa shape index (κ1) is 22.0.